The highest BCUT2D eigenvalue weighted by Gasteiger charge is 2.24. The molecule has 5 saturated heterocycles. The zero-order valence-electron chi connectivity index (χ0n) is 57.8. The van der Waals surface area contributed by atoms with Crippen molar-refractivity contribution in [2.45, 2.75) is 56.8 Å². The minimum Gasteiger partial charge on any atom is -0.489 e. The number of H-pyrrole nitrogens is 3. The molecular formula is C82H80N14O7. The van der Waals surface area contributed by atoms with Crippen molar-refractivity contribution >= 4 is 44.5 Å². The first-order chi connectivity index (χ1) is 50.7. The quantitative estimate of drug-likeness (QED) is 0.0915. The number of aromatic amines is 3. The van der Waals surface area contributed by atoms with Gasteiger partial charge in [-0.2, -0.15) is 20.9 Å². The number of likely N-dealkylation sites (N-methyl/N-ethyl adjacent to an activating group) is 1. The molecule has 8 aromatic carbocycles. The molecule has 5 aliphatic rings. The number of nitriles is 3. The van der Waals surface area contributed by atoms with Crippen LogP contribution in [-0.4, -0.2) is 162 Å². The second-order valence-corrected chi connectivity index (χ2v) is 26.5. The molecule has 0 radical (unpaired) electrons. The van der Waals surface area contributed by atoms with E-state index in [0.29, 0.717) is 73.6 Å². The number of nitrogens with one attached hydrogen (secondary N) is 3. The predicted molar refractivity (Wildman–Crippen MR) is 398 cm³/mol. The van der Waals surface area contributed by atoms with Gasteiger partial charge in [-0.15, -0.1) is 0 Å². The molecule has 0 saturated carbocycles. The van der Waals surface area contributed by atoms with E-state index in [9.17, 15) is 15.8 Å². The molecule has 5 aliphatic heterocycles. The van der Waals surface area contributed by atoms with Crippen LogP contribution in [0.3, 0.4) is 0 Å². The largest absolute Gasteiger partial charge is 0.489 e. The molecule has 21 nitrogen and oxygen atoms in total. The number of rotatable bonds is 14. The van der Waals surface area contributed by atoms with E-state index in [1.54, 1.807) is 10.9 Å². The van der Waals surface area contributed by atoms with Crippen molar-refractivity contribution in [3.8, 4) is 103 Å². The summed E-state index contributed by atoms with van der Waals surface area (Å²) < 4.78 is 41.8. The molecular weight excluding hydrogens is 1290 g/mol. The average molecular weight is 1370 g/mol. The molecule has 0 aliphatic carbocycles. The van der Waals surface area contributed by atoms with Crippen LogP contribution in [0.15, 0.2) is 170 Å². The van der Waals surface area contributed by atoms with Crippen LogP contribution < -0.4 is 24.0 Å². The summed E-state index contributed by atoms with van der Waals surface area (Å²) in [7, 11) is 4.05. The van der Waals surface area contributed by atoms with Crippen LogP contribution in [0.1, 0.15) is 55.2 Å². The Morgan fingerprint density at radius 3 is 1.08 bits per heavy atom. The monoisotopic (exact) mass is 1370 g/mol. The van der Waals surface area contributed by atoms with Gasteiger partial charge >= 0.3 is 0 Å². The van der Waals surface area contributed by atoms with E-state index in [-0.39, 0.29) is 18.3 Å². The Labute approximate surface area is 597 Å². The molecule has 4 aromatic heterocycles. The number of morpholine rings is 1. The number of hydrogen-bond acceptors (Lipinski definition) is 17. The number of hydrogen-bond donors (Lipinski definition) is 3. The second kappa shape index (κ2) is 31.3. The number of aromatic nitrogens is 8. The summed E-state index contributed by atoms with van der Waals surface area (Å²) in [5.74, 6) is 4.32. The fourth-order valence-corrected chi connectivity index (χ4v) is 13.9. The zero-order chi connectivity index (χ0) is 70.0. The molecule has 0 atom stereocenters. The Balaban J connectivity index is 0.000000125. The maximum Gasteiger partial charge on any atom is 0.141 e. The number of fused-ring (bicyclic) bond motifs is 3. The van der Waals surface area contributed by atoms with E-state index < -0.39 is 0 Å². The van der Waals surface area contributed by atoms with E-state index in [1.807, 2.05) is 116 Å². The lowest BCUT2D eigenvalue weighted by Crippen LogP contribution is -2.44. The number of nitrogens with zero attached hydrogens (tertiary/aromatic N) is 11. The Hall–Kier alpha value is -11.4. The summed E-state index contributed by atoms with van der Waals surface area (Å²) in [4.78, 5) is 32.2. The maximum absolute atomic E-state index is 9.83. The first kappa shape index (κ1) is 67.5. The fraction of sp³-hybridized carbons (Fsp3) is 0.305. The minimum absolute atomic E-state index is 0.0867. The Bertz CT molecular complexity index is 5070. The molecule has 0 spiro atoms. The van der Waals surface area contributed by atoms with Crippen LogP contribution in [-0.2, 0) is 26.0 Å². The van der Waals surface area contributed by atoms with Gasteiger partial charge in [-0.3, -0.25) is 4.68 Å². The third kappa shape index (κ3) is 15.5. The van der Waals surface area contributed by atoms with Crippen LogP contribution in [0.2, 0.25) is 0 Å². The lowest BCUT2D eigenvalue weighted by Gasteiger charge is -2.34. The van der Waals surface area contributed by atoms with Crippen molar-refractivity contribution in [1.82, 2.24) is 44.6 Å². The van der Waals surface area contributed by atoms with Gasteiger partial charge in [0, 0.05) is 130 Å². The Morgan fingerprint density at radius 2 is 0.728 bits per heavy atom. The lowest BCUT2D eigenvalue weighted by atomic mass is 10.0. The molecule has 3 N–H and O–H groups in total. The molecule has 0 amide bonds. The van der Waals surface area contributed by atoms with Crippen LogP contribution in [0.25, 0.3) is 101 Å². The van der Waals surface area contributed by atoms with Crippen LogP contribution >= 0.6 is 0 Å². The topological polar surface area (TPSA) is 250 Å². The first-order valence-electron chi connectivity index (χ1n) is 35.5. The highest BCUT2D eigenvalue weighted by atomic mass is 16.5. The third-order valence-corrected chi connectivity index (χ3v) is 19.7. The fourth-order valence-electron chi connectivity index (χ4n) is 13.9. The van der Waals surface area contributed by atoms with E-state index in [4.69, 9.17) is 48.1 Å². The summed E-state index contributed by atoms with van der Waals surface area (Å²) in [6, 6.07) is 59.7. The molecule has 17 rings (SSSR count). The molecule has 520 valence electrons. The van der Waals surface area contributed by atoms with Crippen molar-refractivity contribution in [2.75, 3.05) is 109 Å². The van der Waals surface area contributed by atoms with Gasteiger partial charge in [0.1, 0.15) is 71.2 Å². The normalized spacial score (nSPS) is 16.3. The van der Waals surface area contributed by atoms with Gasteiger partial charge in [-0.25, -0.2) is 15.0 Å². The summed E-state index contributed by atoms with van der Waals surface area (Å²) in [6.07, 6.45) is 9.04. The highest BCUT2D eigenvalue weighted by Crippen LogP contribution is 2.38. The van der Waals surface area contributed by atoms with Gasteiger partial charge < -0.3 is 62.8 Å². The van der Waals surface area contributed by atoms with E-state index >= 15 is 0 Å². The Kier molecular flexibility index (Phi) is 20.5. The van der Waals surface area contributed by atoms with E-state index in [0.717, 1.165) is 192 Å². The standard InChI is InChI=1S/C30H31N5O2.C29H28N4O3.C23H21N5O2/c1-34-13-15-35(16-14-34)24-8-5-21(6-9-24)30-32-27-4-2-3-26(29(27)33-30)22-7-10-28(23(19-22)20-31)37-25-11-17-36-18-12-25;30-19-22-18-21(6-9-27(22)36-24-10-14-34-15-11-24)25-2-1-3-26-28(25)32-29(31-26)20-4-7-23(8-5-20)33-12-16-35-17-13-33;1-28-14-17(13-25-28)23-26-20-4-2-3-19(22(20)27-23)15-5-6-21(16(11-15)12-24)30-18-7-9-29-10-8-18/h2-10,19,25H,11-18H2,1H3,(H,32,33);1-9,18,24H,10-17H2,(H,31,32);2-6,11,13-14,18H,7-10H2,1H3,(H,26,27). The summed E-state index contributed by atoms with van der Waals surface area (Å²) in [5, 5.41) is 33.6. The minimum atomic E-state index is 0.0867. The van der Waals surface area contributed by atoms with Gasteiger partial charge in [0.2, 0.25) is 0 Å². The smallest absolute Gasteiger partial charge is 0.141 e. The molecule has 21 heteroatoms. The zero-order valence-corrected chi connectivity index (χ0v) is 57.8. The second-order valence-electron chi connectivity index (χ2n) is 26.5. The van der Waals surface area contributed by atoms with Crippen molar-refractivity contribution in [3.05, 3.63) is 187 Å². The van der Waals surface area contributed by atoms with Gasteiger partial charge in [-0.05, 0) is 127 Å². The number of ether oxygens (including phenoxy) is 7. The summed E-state index contributed by atoms with van der Waals surface area (Å²) in [6.45, 7) is 11.8. The number of piperazine rings is 1. The number of imidazole rings is 3. The third-order valence-electron chi connectivity index (χ3n) is 19.7. The SMILES string of the molecule is CN1CCN(c2ccc(-c3nc4c(-c5ccc(OC6CCOCC6)c(C#N)c5)cccc4[nH]3)cc2)CC1.Cn1cc(-c2nc3c(-c4ccc(OC5CCOCC5)c(C#N)c4)cccc3[nH]2)cn1.N#Cc1cc(-c2cccc3[nH]c(-c4ccc(N5CCOCC5)cc4)nc23)ccc1OC1CCOCC1. The predicted octanol–water partition coefficient (Wildman–Crippen LogP) is 14.3. The van der Waals surface area contributed by atoms with Gasteiger partial charge in [0.15, 0.2) is 0 Å². The van der Waals surface area contributed by atoms with Crippen LogP contribution in [0.5, 0.6) is 17.2 Å². The van der Waals surface area contributed by atoms with Crippen LogP contribution in [0, 0.1) is 34.0 Å². The average Bonchev–Trinajstić information content (AvgIpc) is 1.68. The van der Waals surface area contributed by atoms with Crippen LogP contribution in [0.4, 0.5) is 11.4 Å². The number of anilines is 2. The van der Waals surface area contributed by atoms with Crippen molar-refractivity contribution in [3.63, 3.8) is 0 Å². The van der Waals surface area contributed by atoms with Gasteiger partial charge in [-0.1, -0.05) is 54.6 Å². The molecule has 0 unspecified atom stereocenters. The molecule has 103 heavy (non-hydrogen) atoms. The summed E-state index contributed by atoms with van der Waals surface area (Å²) >= 11 is 0. The number of para-hydroxylation sites is 3. The van der Waals surface area contributed by atoms with Gasteiger partial charge in [0.25, 0.3) is 0 Å². The molecule has 0 bridgehead atoms. The lowest BCUT2D eigenvalue weighted by molar-refractivity contribution is 0.0252. The van der Waals surface area contributed by atoms with E-state index in [1.165, 1.54) is 11.4 Å². The molecule has 9 heterocycles. The van der Waals surface area contributed by atoms with E-state index in [2.05, 4.69) is 115 Å². The molecule has 5 fully saturated rings. The maximum atomic E-state index is 9.83. The summed E-state index contributed by atoms with van der Waals surface area (Å²) in [5.41, 5.74) is 18.3. The van der Waals surface area contributed by atoms with Crippen molar-refractivity contribution < 1.29 is 33.2 Å². The molecule has 12 aromatic rings. The van der Waals surface area contributed by atoms with Gasteiger partial charge in [0.05, 0.1) is 114 Å². The number of benzene rings is 8. The van der Waals surface area contributed by atoms with Crippen molar-refractivity contribution in [2.24, 2.45) is 7.05 Å². The Morgan fingerprint density at radius 1 is 0.388 bits per heavy atom. The van der Waals surface area contributed by atoms with Crippen molar-refractivity contribution in [1.29, 1.82) is 15.8 Å². The highest BCUT2D eigenvalue weighted by molar-refractivity contribution is 5.96. The first-order valence-corrected chi connectivity index (χ1v) is 35.5. The number of aryl methyl sites for hydroxylation is 1.